The molecule has 3 aromatic rings. The SMILES string of the molecule is Cc1cc(C)c(/N=c2\cc3n(c(=O)n2CCNC(N)=O)CCc2cc(O)c(O)cc2-3)c(C)c1. The smallest absolute Gasteiger partial charge is 0.330 e. The monoisotopic (exact) mass is 449 g/mol. The van der Waals surface area contributed by atoms with E-state index in [1.807, 2.05) is 32.9 Å². The largest absolute Gasteiger partial charge is 0.504 e. The van der Waals surface area contributed by atoms with Gasteiger partial charge in [-0.05, 0) is 56.0 Å². The van der Waals surface area contributed by atoms with Gasteiger partial charge in [0, 0.05) is 31.3 Å². The molecule has 0 spiro atoms. The van der Waals surface area contributed by atoms with Crippen LogP contribution in [0.15, 0.2) is 40.1 Å². The highest BCUT2D eigenvalue weighted by Crippen LogP contribution is 2.36. The molecule has 0 radical (unpaired) electrons. The number of hydrogen-bond acceptors (Lipinski definition) is 5. The Morgan fingerprint density at radius 2 is 1.76 bits per heavy atom. The Bertz CT molecular complexity index is 1380. The van der Waals surface area contributed by atoms with Crippen molar-refractivity contribution in [3.63, 3.8) is 0 Å². The first kappa shape index (κ1) is 22.2. The number of aromatic hydroxyl groups is 2. The first-order chi connectivity index (χ1) is 15.7. The zero-order valence-corrected chi connectivity index (χ0v) is 18.8. The molecule has 2 heterocycles. The molecule has 4 rings (SSSR count). The summed E-state index contributed by atoms with van der Waals surface area (Å²) < 4.78 is 3.14. The summed E-state index contributed by atoms with van der Waals surface area (Å²) in [7, 11) is 0. The van der Waals surface area contributed by atoms with Crippen molar-refractivity contribution in [2.75, 3.05) is 6.54 Å². The number of urea groups is 1. The second-order valence-electron chi connectivity index (χ2n) is 8.37. The van der Waals surface area contributed by atoms with Gasteiger partial charge < -0.3 is 21.3 Å². The number of hydrogen-bond donors (Lipinski definition) is 4. The van der Waals surface area contributed by atoms with Gasteiger partial charge in [0.25, 0.3) is 0 Å². The van der Waals surface area contributed by atoms with E-state index in [1.165, 1.54) is 16.7 Å². The number of phenolic OH excluding ortho intramolecular Hbond substituents is 2. The maximum atomic E-state index is 13.5. The minimum absolute atomic E-state index is 0.175. The molecule has 0 saturated heterocycles. The number of carbonyl (C=O) groups excluding carboxylic acids is 1. The lowest BCUT2D eigenvalue weighted by Crippen LogP contribution is -2.44. The minimum Gasteiger partial charge on any atom is -0.504 e. The van der Waals surface area contributed by atoms with Crippen LogP contribution in [0.25, 0.3) is 11.3 Å². The molecule has 0 bridgehead atoms. The molecule has 2 amide bonds. The van der Waals surface area contributed by atoms with Gasteiger partial charge in [0.15, 0.2) is 11.5 Å². The number of aryl methyl sites for hydroxylation is 4. The van der Waals surface area contributed by atoms with Crippen molar-refractivity contribution in [3.8, 4) is 22.8 Å². The fourth-order valence-corrected chi connectivity index (χ4v) is 4.42. The molecule has 2 aromatic carbocycles. The van der Waals surface area contributed by atoms with Gasteiger partial charge in [-0.15, -0.1) is 0 Å². The van der Waals surface area contributed by atoms with Crippen LogP contribution in [0.1, 0.15) is 22.3 Å². The van der Waals surface area contributed by atoms with Crippen LogP contribution in [0, 0.1) is 20.8 Å². The van der Waals surface area contributed by atoms with E-state index in [4.69, 9.17) is 10.7 Å². The Labute approximate surface area is 190 Å². The van der Waals surface area contributed by atoms with Crippen LogP contribution in [0.3, 0.4) is 0 Å². The number of nitrogens with one attached hydrogen (secondary N) is 1. The number of phenols is 2. The summed E-state index contributed by atoms with van der Waals surface area (Å²) in [5.74, 6) is -0.440. The summed E-state index contributed by atoms with van der Waals surface area (Å²) >= 11 is 0. The maximum absolute atomic E-state index is 13.5. The summed E-state index contributed by atoms with van der Waals surface area (Å²) in [5.41, 5.74) is 11.3. The van der Waals surface area contributed by atoms with Crippen LogP contribution >= 0.6 is 0 Å². The third-order valence-electron chi connectivity index (χ3n) is 5.87. The third-order valence-corrected chi connectivity index (χ3v) is 5.87. The minimum atomic E-state index is -0.665. The number of nitrogens with two attached hydrogens (primary N) is 1. The van der Waals surface area contributed by atoms with Crippen molar-refractivity contribution in [1.82, 2.24) is 14.5 Å². The molecule has 1 aliphatic heterocycles. The van der Waals surface area contributed by atoms with Gasteiger partial charge in [-0.25, -0.2) is 14.6 Å². The van der Waals surface area contributed by atoms with Gasteiger partial charge in [0.1, 0.15) is 5.49 Å². The average Bonchev–Trinajstić information content (AvgIpc) is 2.73. The number of benzene rings is 2. The Balaban J connectivity index is 1.98. The lowest BCUT2D eigenvalue weighted by Gasteiger charge is -2.24. The molecule has 0 aliphatic carbocycles. The highest BCUT2D eigenvalue weighted by atomic mass is 16.3. The van der Waals surface area contributed by atoms with Crippen molar-refractivity contribution in [1.29, 1.82) is 0 Å². The van der Waals surface area contributed by atoms with Crippen molar-refractivity contribution >= 4 is 11.7 Å². The van der Waals surface area contributed by atoms with Gasteiger partial charge in [0.2, 0.25) is 0 Å². The van der Waals surface area contributed by atoms with Crippen molar-refractivity contribution in [3.05, 3.63) is 68.6 Å². The first-order valence-corrected chi connectivity index (χ1v) is 10.7. The average molecular weight is 450 g/mol. The van der Waals surface area contributed by atoms with E-state index in [0.717, 1.165) is 27.9 Å². The second kappa shape index (κ2) is 8.50. The predicted octanol–water partition coefficient (Wildman–Crippen LogP) is 2.11. The van der Waals surface area contributed by atoms with Gasteiger partial charge in [-0.2, -0.15) is 0 Å². The van der Waals surface area contributed by atoms with Crippen LogP contribution in [-0.2, 0) is 19.5 Å². The molecular weight excluding hydrogens is 422 g/mol. The van der Waals surface area contributed by atoms with E-state index in [0.29, 0.717) is 29.7 Å². The summed E-state index contributed by atoms with van der Waals surface area (Å²) in [5, 5.41) is 22.5. The van der Waals surface area contributed by atoms with E-state index >= 15 is 0 Å². The zero-order valence-electron chi connectivity index (χ0n) is 18.8. The van der Waals surface area contributed by atoms with Gasteiger partial charge in [0.05, 0.1) is 11.4 Å². The van der Waals surface area contributed by atoms with Crippen LogP contribution < -0.4 is 22.2 Å². The summed E-state index contributed by atoms with van der Waals surface area (Å²) in [6.45, 7) is 6.74. The van der Waals surface area contributed by atoms with E-state index in [1.54, 1.807) is 10.6 Å². The Kier molecular flexibility index (Phi) is 5.71. The quantitative estimate of drug-likeness (QED) is 0.454. The molecule has 172 valence electrons. The normalized spacial score (nSPS) is 12.9. The lowest BCUT2D eigenvalue weighted by atomic mass is 9.97. The van der Waals surface area contributed by atoms with E-state index in [2.05, 4.69) is 5.32 Å². The maximum Gasteiger partial charge on any atom is 0.330 e. The molecule has 9 heteroatoms. The Hall–Kier alpha value is -4.01. The molecule has 1 aliphatic rings. The lowest BCUT2D eigenvalue weighted by molar-refractivity contribution is 0.248. The van der Waals surface area contributed by atoms with Gasteiger partial charge in [-0.3, -0.25) is 9.13 Å². The first-order valence-electron chi connectivity index (χ1n) is 10.7. The number of carbonyl (C=O) groups is 1. The van der Waals surface area contributed by atoms with Crippen molar-refractivity contribution in [2.45, 2.75) is 40.3 Å². The topological polar surface area (TPSA) is 135 Å². The molecule has 0 fully saturated rings. The third kappa shape index (κ3) is 4.21. The van der Waals surface area contributed by atoms with Crippen LogP contribution in [0.5, 0.6) is 11.5 Å². The number of amides is 2. The predicted molar refractivity (Wildman–Crippen MR) is 125 cm³/mol. The standard InChI is InChI=1S/C24H27N5O4/c1-13-8-14(2)22(15(3)9-13)27-21-12-18-17-11-20(31)19(30)10-16(17)4-6-28(18)24(33)29(21)7-5-26-23(25)32/h8-12,30-31H,4-7H2,1-3H3,(H3,25,26,32)/b27-21+. The number of rotatable bonds is 4. The Morgan fingerprint density at radius 1 is 1.09 bits per heavy atom. The number of fused-ring (bicyclic) bond motifs is 3. The van der Waals surface area contributed by atoms with E-state index in [-0.39, 0.29) is 30.3 Å². The number of nitrogens with zero attached hydrogens (tertiary/aromatic N) is 3. The van der Waals surface area contributed by atoms with E-state index in [9.17, 15) is 19.8 Å². The van der Waals surface area contributed by atoms with Crippen LogP contribution in [0.2, 0.25) is 0 Å². The molecule has 9 nitrogen and oxygen atoms in total. The zero-order chi connectivity index (χ0) is 23.9. The summed E-state index contributed by atoms with van der Waals surface area (Å²) in [6.07, 6.45) is 0.530. The van der Waals surface area contributed by atoms with E-state index < -0.39 is 6.03 Å². The second-order valence-corrected chi connectivity index (χ2v) is 8.37. The van der Waals surface area contributed by atoms with Crippen LogP contribution in [0.4, 0.5) is 10.5 Å². The Morgan fingerprint density at radius 3 is 2.42 bits per heavy atom. The fraction of sp³-hybridized carbons (Fsp3) is 0.292. The molecule has 0 saturated carbocycles. The highest BCUT2D eigenvalue weighted by molar-refractivity contribution is 5.71. The van der Waals surface area contributed by atoms with Crippen LogP contribution in [-0.4, -0.2) is 31.9 Å². The van der Waals surface area contributed by atoms with Gasteiger partial charge in [-0.1, -0.05) is 17.7 Å². The molecular formula is C24H27N5O4. The van der Waals surface area contributed by atoms with Crippen molar-refractivity contribution in [2.24, 2.45) is 10.7 Å². The summed E-state index contributed by atoms with van der Waals surface area (Å²) in [6, 6.07) is 8.21. The highest BCUT2D eigenvalue weighted by Gasteiger charge is 2.21. The fourth-order valence-electron chi connectivity index (χ4n) is 4.42. The van der Waals surface area contributed by atoms with Crippen molar-refractivity contribution < 1.29 is 15.0 Å². The number of aromatic nitrogens is 2. The molecule has 0 atom stereocenters. The molecule has 0 unspecified atom stereocenters. The summed E-state index contributed by atoms with van der Waals surface area (Å²) in [4.78, 5) is 29.5. The number of primary amides is 1. The molecule has 33 heavy (non-hydrogen) atoms. The molecule has 5 N–H and O–H groups in total. The molecule has 1 aromatic heterocycles. The van der Waals surface area contributed by atoms with Gasteiger partial charge >= 0.3 is 11.7 Å².